The maximum absolute atomic E-state index is 12.6. The Morgan fingerprint density at radius 2 is 1.48 bits per heavy atom. The van der Waals surface area contributed by atoms with Crippen LogP contribution in [0.2, 0.25) is 0 Å². The molecule has 2 rings (SSSR count). The maximum Gasteiger partial charge on any atom is 0.226 e. The summed E-state index contributed by atoms with van der Waals surface area (Å²) in [5, 5.41) is 0. The molecule has 0 unspecified atom stereocenters. The summed E-state index contributed by atoms with van der Waals surface area (Å²) in [7, 11) is 0. The van der Waals surface area contributed by atoms with Crippen molar-refractivity contribution < 1.29 is 4.79 Å². The summed E-state index contributed by atoms with van der Waals surface area (Å²) in [6, 6.07) is 8.40. The van der Waals surface area contributed by atoms with Gasteiger partial charge in [-0.25, -0.2) is 0 Å². The minimum absolute atomic E-state index is 0.315. The molecule has 29 heavy (non-hydrogen) atoms. The number of carbonyl (C=O) groups is 1. The number of hydrogen-bond donors (Lipinski definition) is 0. The van der Waals surface area contributed by atoms with Crippen LogP contribution >= 0.6 is 0 Å². The van der Waals surface area contributed by atoms with Crippen LogP contribution in [0.25, 0.3) is 0 Å². The molecule has 1 heterocycles. The first-order chi connectivity index (χ1) is 14.3. The summed E-state index contributed by atoms with van der Waals surface area (Å²) in [6.07, 6.45) is 24.5. The van der Waals surface area contributed by atoms with Gasteiger partial charge in [-0.2, -0.15) is 0 Å². The van der Waals surface area contributed by atoms with Crippen LogP contribution in [0.15, 0.2) is 36.4 Å². The largest absolute Gasteiger partial charge is 0.312 e. The highest BCUT2D eigenvalue weighted by Gasteiger charge is 2.21. The quantitative estimate of drug-likeness (QED) is 0.217. The Bertz CT molecular complexity index is 592. The zero-order chi connectivity index (χ0) is 20.6. The number of carbonyl (C=O) groups excluding carboxylic acids is 1. The molecule has 162 valence electrons. The second-order valence-corrected chi connectivity index (χ2v) is 8.61. The Morgan fingerprint density at radius 1 is 0.862 bits per heavy atom. The van der Waals surface area contributed by atoms with Gasteiger partial charge in [0.1, 0.15) is 0 Å². The lowest BCUT2D eigenvalue weighted by atomic mass is 10.0. The number of hydrogen-bond acceptors (Lipinski definition) is 1. The maximum atomic E-state index is 12.6. The number of benzene rings is 1. The lowest BCUT2D eigenvalue weighted by molar-refractivity contribution is -0.118. The molecule has 0 aromatic heterocycles. The standard InChI is InChI=1S/C27H43NO/c1-2-3-4-5-6-7-8-9-10-11-12-13-14-15-16-23-27(29)28-24-19-21-25-20-17-18-22-26(25)28/h9-10,17-18,20,22H,2-8,11-16,19,21,23-24H2,1H3. The Labute approximate surface area is 179 Å². The number of unbranched alkanes of at least 4 members (excludes halogenated alkanes) is 11. The van der Waals surface area contributed by atoms with Crippen LogP contribution in [0.3, 0.4) is 0 Å². The van der Waals surface area contributed by atoms with Crippen LogP contribution < -0.4 is 4.90 Å². The van der Waals surface area contributed by atoms with Crippen molar-refractivity contribution in [3.8, 4) is 0 Å². The summed E-state index contributed by atoms with van der Waals surface area (Å²) >= 11 is 0. The van der Waals surface area contributed by atoms with Crippen molar-refractivity contribution in [3.63, 3.8) is 0 Å². The Balaban J connectivity index is 1.44. The average Bonchev–Trinajstić information content (AvgIpc) is 2.76. The van der Waals surface area contributed by atoms with Gasteiger partial charge in [0.15, 0.2) is 0 Å². The molecule has 1 aromatic carbocycles. The Kier molecular flexibility index (Phi) is 12.5. The van der Waals surface area contributed by atoms with Gasteiger partial charge in [-0.1, -0.05) is 88.6 Å². The van der Waals surface area contributed by atoms with Crippen LogP contribution in [0.4, 0.5) is 5.69 Å². The molecule has 1 aromatic rings. The van der Waals surface area contributed by atoms with E-state index in [1.165, 1.54) is 82.6 Å². The van der Waals surface area contributed by atoms with Gasteiger partial charge in [-0.15, -0.1) is 0 Å². The molecule has 1 aliphatic heterocycles. The summed E-state index contributed by atoms with van der Waals surface area (Å²) in [4.78, 5) is 14.6. The molecule has 0 radical (unpaired) electrons. The predicted octanol–water partition coefficient (Wildman–Crippen LogP) is 8.00. The fourth-order valence-corrected chi connectivity index (χ4v) is 4.27. The molecule has 1 aliphatic rings. The number of nitrogens with zero attached hydrogens (tertiary/aromatic N) is 1. The number of rotatable bonds is 15. The van der Waals surface area contributed by atoms with E-state index < -0.39 is 0 Å². The highest BCUT2D eigenvalue weighted by atomic mass is 16.2. The summed E-state index contributed by atoms with van der Waals surface area (Å²) in [6.45, 7) is 3.16. The smallest absolute Gasteiger partial charge is 0.226 e. The fraction of sp³-hybridized carbons (Fsp3) is 0.667. The number of fused-ring (bicyclic) bond motifs is 1. The van der Waals surface area contributed by atoms with E-state index >= 15 is 0 Å². The Morgan fingerprint density at radius 3 is 2.21 bits per heavy atom. The van der Waals surface area contributed by atoms with Crippen LogP contribution in [0, 0.1) is 0 Å². The molecular weight excluding hydrogens is 354 g/mol. The number of amides is 1. The monoisotopic (exact) mass is 397 g/mol. The normalized spacial score (nSPS) is 13.8. The van der Waals surface area contributed by atoms with E-state index in [2.05, 4.69) is 37.3 Å². The fourth-order valence-electron chi connectivity index (χ4n) is 4.27. The molecule has 0 saturated carbocycles. The number of anilines is 1. The first kappa shape index (κ1) is 23.7. The molecule has 2 nitrogen and oxygen atoms in total. The van der Waals surface area contributed by atoms with Gasteiger partial charge in [-0.05, 0) is 56.6 Å². The third-order valence-electron chi connectivity index (χ3n) is 6.06. The van der Waals surface area contributed by atoms with Crippen molar-refractivity contribution in [2.45, 2.75) is 110 Å². The molecule has 0 N–H and O–H groups in total. The molecule has 0 spiro atoms. The average molecular weight is 398 g/mol. The van der Waals surface area contributed by atoms with Crippen molar-refractivity contribution in [1.29, 1.82) is 0 Å². The highest BCUT2D eigenvalue weighted by Crippen LogP contribution is 2.27. The van der Waals surface area contributed by atoms with Crippen molar-refractivity contribution in [1.82, 2.24) is 0 Å². The van der Waals surface area contributed by atoms with Gasteiger partial charge in [0.2, 0.25) is 5.91 Å². The van der Waals surface area contributed by atoms with Crippen LogP contribution in [-0.4, -0.2) is 12.5 Å². The lowest BCUT2D eigenvalue weighted by Crippen LogP contribution is -2.35. The lowest BCUT2D eigenvalue weighted by Gasteiger charge is -2.29. The van der Waals surface area contributed by atoms with Gasteiger partial charge in [-0.3, -0.25) is 4.79 Å². The van der Waals surface area contributed by atoms with Crippen LogP contribution in [0.5, 0.6) is 0 Å². The minimum Gasteiger partial charge on any atom is -0.312 e. The van der Waals surface area contributed by atoms with Crippen molar-refractivity contribution >= 4 is 11.6 Å². The van der Waals surface area contributed by atoms with Gasteiger partial charge in [0.05, 0.1) is 0 Å². The number of allylic oxidation sites excluding steroid dienone is 2. The third-order valence-corrected chi connectivity index (χ3v) is 6.06. The molecule has 0 atom stereocenters. The number of para-hydroxylation sites is 1. The second kappa shape index (κ2) is 15.3. The van der Waals surface area contributed by atoms with Crippen molar-refractivity contribution in [2.24, 2.45) is 0 Å². The van der Waals surface area contributed by atoms with Crippen molar-refractivity contribution in [3.05, 3.63) is 42.0 Å². The zero-order valence-electron chi connectivity index (χ0n) is 18.8. The van der Waals surface area contributed by atoms with E-state index in [1.807, 2.05) is 11.0 Å². The van der Waals surface area contributed by atoms with E-state index in [-0.39, 0.29) is 0 Å². The SMILES string of the molecule is CCCCCCCCC=CCCCCCCCC(=O)N1CCCc2ccccc21. The first-order valence-electron chi connectivity index (χ1n) is 12.4. The van der Waals surface area contributed by atoms with Gasteiger partial charge in [0.25, 0.3) is 0 Å². The van der Waals surface area contributed by atoms with Crippen LogP contribution in [0.1, 0.15) is 109 Å². The topological polar surface area (TPSA) is 20.3 Å². The second-order valence-electron chi connectivity index (χ2n) is 8.61. The highest BCUT2D eigenvalue weighted by molar-refractivity contribution is 5.94. The van der Waals surface area contributed by atoms with E-state index in [0.717, 1.165) is 31.5 Å². The first-order valence-corrected chi connectivity index (χ1v) is 12.4. The van der Waals surface area contributed by atoms with Crippen LogP contribution in [-0.2, 0) is 11.2 Å². The molecule has 0 fully saturated rings. The van der Waals surface area contributed by atoms with E-state index in [4.69, 9.17) is 0 Å². The summed E-state index contributed by atoms with van der Waals surface area (Å²) in [5.41, 5.74) is 2.48. The predicted molar refractivity (Wildman–Crippen MR) is 127 cm³/mol. The van der Waals surface area contributed by atoms with E-state index in [1.54, 1.807) is 0 Å². The summed E-state index contributed by atoms with van der Waals surface area (Å²) in [5.74, 6) is 0.315. The molecule has 0 aliphatic carbocycles. The molecule has 1 amide bonds. The van der Waals surface area contributed by atoms with Gasteiger partial charge >= 0.3 is 0 Å². The van der Waals surface area contributed by atoms with E-state index in [0.29, 0.717) is 12.3 Å². The summed E-state index contributed by atoms with van der Waals surface area (Å²) < 4.78 is 0. The number of aryl methyl sites for hydroxylation is 1. The minimum atomic E-state index is 0.315. The van der Waals surface area contributed by atoms with Crippen molar-refractivity contribution in [2.75, 3.05) is 11.4 Å². The third kappa shape index (κ3) is 9.65. The van der Waals surface area contributed by atoms with Gasteiger partial charge < -0.3 is 4.90 Å². The van der Waals surface area contributed by atoms with E-state index in [9.17, 15) is 4.79 Å². The van der Waals surface area contributed by atoms with Gasteiger partial charge in [0, 0.05) is 18.7 Å². The molecule has 2 heteroatoms. The molecule has 0 saturated heterocycles. The Hall–Kier alpha value is -1.57. The molecule has 0 bridgehead atoms. The molecular formula is C27H43NO. The zero-order valence-corrected chi connectivity index (χ0v) is 18.8.